The number of rotatable bonds is 8. The molecule has 2 rings (SSSR count). The van der Waals surface area contributed by atoms with E-state index >= 15 is 0 Å². The van der Waals surface area contributed by atoms with Gasteiger partial charge in [-0.2, -0.15) is 0 Å². The van der Waals surface area contributed by atoms with Crippen LogP contribution in [-0.2, 0) is 4.79 Å². The van der Waals surface area contributed by atoms with Gasteiger partial charge >= 0.3 is 0 Å². The average molecular weight is 353 g/mol. The Morgan fingerprint density at radius 1 is 1.29 bits per heavy atom. The first-order valence-corrected chi connectivity index (χ1v) is 8.77. The van der Waals surface area contributed by atoms with E-state index in [1.807, 2.05) is 0 Å². The van der Waals surface area contributed by atoms with Gasteiger partial charge in [-0.25, -0.2) is 0 Å². The van der Waals surface area contributed by atoms with Crippen molar-refractivity contribution in [1.82, 2.24) is 4.90 Å². The van der Waals surface area contributed by atoms with Gasteiger partial charge in [-0.05, 0) is 63.5 Å². The Bertz CT molecular complexity index is 584. The number of piperidine rings is 1. The smallest absolute Gasteiger partial charge is 0.220 e. The second-order valence-electron chi connectivity index (χ2n) is 6.24. The van der Waals surface area contributed by atoms with Crippen LogP contribution in [0, 0.1) is 5.92 Å². The molecule has 1 saturated heterocycles. The SMILES string of the molecule is COc1ccc(Cl)cc1C(=O)CCCCN1CCC(C(N)=O)CC1. The number of benzene rings is 1. The zero-order valence-corrected chi connectivity index (χ0v) is 14.8. The van der Waals surface area contributed by atoms with Gasteiger partial charge in [0, 0.05) is 17.4 Å². The number of primary amides is 1. The lowest BCUT2D eigenvalue weighted by Gasteiger charge is -2.30. The van der Waals surface area contributed by atoms with Crippen LogP contribution in [0.1, 0.15) is 42.5 Å². The lowest BCUT2D eigenvalue weighted by Crippen LogP contribution is -2.38. The number of nitrogens with two attached hydrogens (primary N) is 1. The lowest BCUT2D eigenvalue weighted by atomic mass is 9.96. The Morgan fingerprint density at radius 3 is 2.62 bits per heavy atom. The van der Waals surface area contributed by atoms with E-state index in [1.54, 1.807) is 25.3 Å². The van der Waals surface area contributed by atoms with Crippen LogP contribution in [0.2, 0.25) is 5.02 Å². The standard InChI is InChI=1S/C18H25ClN2O3/c1-24-17-6-5-14(19)12-15(17)16(22)4-2-3-9-21-10-7-13(8-11-21)18(20)23/h5-6,12-13H,2-4,7-11H2,1H3,(H2,20,23). The number of amides is 1. The van der Waals surface area contributed by atoms with Gasteiger partial charge in [0.15, 0.2) is 5.78 Å². The van der Waals surface area contributed by atoms with Crippen molar-refractivity contribution in [3.8, 4) is 5.75 Å². The third-order valence-corrected chi connectivity index (χ3v) is 4.82. The van der Waals surface area contributed by atoms with Gasteiger partial charge in [0.25, 0.3) is 0 Å². The summed E-state index contributed by atoms with van der Waals surface area (Å²) in [4.78, 5) is 25.8. The maximum absolute atomic E-state index is 12.3. The minimum Gasteiger partial charge on any atom is -0.496 e. The number of ketones is 1. The molecule has 0 spiro atoms. The summed E-state index contributed by atoms with van der Waals surface area (Å²) < 4.78 is 5.23. The van der Waals surface area contributed by atoms with Crippen LogP contribution in [0.3, 0.4) is 0 Å². The monoisotopic (exact) mass is 352 g/mol. The number of likely N-dealkylation sites (tertiary alicyclic amines) is 1. The van der Waals surface area contributed by atoms with Crippen LogP contribution in [0.5, 0.6) is 5.75 Å². The van der Waals surface area contributed by atoms with Crippen molar-refractivity contribution in [2.75, 3.05) is 26.7 Å². The molecule has 0 aliphatic carbocycles. The first-order valence-electron chi connectivity index (χ1n) is 8.39. The molecule has 6 heteroatoms. The highest BCUT2D eigenvalue weighted by Crippen LogP contribution is 2.24. The van der Waals surface area contributed by atoms with E-state index in [0.717, 1.165) is 45.3 Å². The molecule has 24 heavy (non-hydrogen) atoms. The van der Waals surface area contributed by atoms with Gasteiger partial charge in [-0.3, -0.25) is 9.59 Å². The van der Waals surface area contributed by atoms with E-state index in [9.17, 15) is 9.59 Å². The Morgan fingerprint density at radius 2 is 2.00 bits per heavy atom. The summed E-state index contributed by atoms with van der Waals surface area (Å²) in [5.41, 5.74) is 5.89. The highest BCUT2D eigenvalue weighted by atomic mass is 35.5. The van der Waals surface area contributed by atoms with Gasteiger partial charge < -0.3 is 15.4 Å². The van der Waals surface area contributed by atoms with Crippen LogP contribution in [-0.4, -0.2) is 43.3 Å². The Kier molecular flexibility index (Phi) is 7.06. The number of hydrogen-bond donors (Lipinski definition) is 1. The summed E-state index contributed by atoms with van der Waals surface area (Å²) in [5.74, 6) is 0.466. The Balaban J connectivity index is 1.72. The van der Waals surface area contributed by atoms with Crippen molar-refractivity contribution in [1.29, 1.82) is 0 Å². The lowest BCUT2D eigenvalue weighted by molar-refractivity contribution is -0.123. The Labute approximate surface area is 148 Å². The number of carbonyl (C=O) groups is 2. The van der Waals surface area contributed by atoms with Crippen LogP contribution >= 0.6 is 11.6 Å². The van der Waals surface area contributed by atoms with Crippen molar-refractivity contribution in [2.24, 2.45) is 11.7 Å². The van der Waals surface area contributed by atoms with Gasteiger partial charge in [0.05, 0.1) is 12.7 Å². The molecule has 0 unspecified atom stereocenters. The molecule has 132 valence electrons. The minimum absolute atomic E-state index is 0.0260. The zero-order chi connectivity index (χ0) is 17.5. The predicted molar refractivity (Wildman–Crippen MR) is 94.5 cm³/mol. The van der Waals surface area contributed by atoms with Crippen LogP contribution in [0.25, 0.3) is 0 Å². The van der Waals surface area contributed by atoms with Crippen molar-refractivity contribution in [3.63, 3.8) is 0 Å². The van der Waals surface area contributed by atoms with Gasteiger partial charge in [0.1, 0.15) is 5.75 Å². The van der Waals surface area contributed by atoms with Crippen molar-refractivity contribution < 1.29 is 14.3 Å². The number of nitrogens with zero attached hydrogens (tertiary/aromatic N) is 1. The molecular weight excluding hydrogens is 328 g/mol. The second kappa shape index (κ2) is 9.04. The largest absolute Gasteiger partial charge is 0.496 e. The molecule has 1 aromatic carbocycles. The van der Waals surface area contributed by atoms with E-state index in [2.05, 4.69) is 4.90 Å². The van der Waals surface area contributed by atoms with Crippen LogP contribution in [0.15, 0.2) is 18.2 Å². The molecule has 1 amide bonds. The topological polar surface area (TPSA) is 72.6 Å². The van der Waals surface area contributed by atoms with Crippen molar-refractivity contribution in [2.45, 2.75) is 32.1 Å². The van der Waals surface area contributed by atoms with E-state index in [-0.39, 0.29) is 17.6 Å². The molecule has 1 heterocycles. The van der Waals surface area contributed by atoms with E-state index in [1.165, 1.54) is 0 Å². The minimum atomic E-state index is -0.185. The summed E-state index contributed by atoms with van der Waals surface area (Å²) in [6.07, 6.45) is 3.94. The van der Waals surface area contributed by atoms with Gasteiger partial charge in [-0.15, -0.1) is 0 Å². The summed E-state index contributed by atoms with van der Waals surface area (Å²) in [7, 11) is 1.55. The first-order chi connectivity index (χ1) is 11.5. The summed E-state index contributed by atoms with van der Waals surface area (Å²) in [6.45, 7) is 2.76. The molecular formula is C18H25ClN2O3. The van der Waals surface area contributed by atoms with E-state index in [0.29, 0.717) is 22.8 Å². The van der Waals surface area contributed by atoms with Gasteiger partial charge in [-0.1, -0.05) is 11.6 Å². The summed E-state index contributed by atoms with van der Waals surface area (Å²) >= 11 is 5.97. The van der Waals surface area contributed by atoms with E-state index in [4.69, 9.17) is 22.1 Å². The summed E-state index contributed by atoms with van der Waals surface area (Å²) in [6, 6.07) is 5.10. The third kappa shape index (κ3) is 5.21. The quantitative estimate of drug-likeness (QED) is 0.576. The molecule has 1 aromatic rings. The maximum atomic E-state index is 12.3. The molecule has 0 radical (unpaired) electrons. The van der Waals surface area contributed by atoms with Crippen LogP contribution < -0.4 is 10.5 Å². The molecule has 5 nitrogen and oxygen atoms in total. The fourth-order valence-electron chi connectivity index (χ4n) is 3.09. The molecule has 1 aliphatic rings. The Hall–Kier alpha value is -1.59. The molecule has 0 bridgehead atoms. The molecule has 0 aromatic heterocycles. The number of ether oxygens (including phenoxy) is 1. The highest BCUT2D eigenvalue weighted by Gasteiger charge is 2.22. The fourth-order valence-corrected chi connectivity index (χ4v) is 3.27. The molecule has 0 atom stereocenters. The molecule has 2 N–H and O–H groups in total. The number of halogens is 1. The first kappa shape index (κ1) is 18.7. The maximum Gasteiger partial charge on any atom is 0.220 e. The average Bonchev–Trinajstić information content (AvgIpc) is 2.58. The van der Waals surface area contributed by atoms with Crippen molar-refractivity contribution >= 4 is 23.3 Å². The predicted octanol–water partition coefficient (Wildman–Crippen LogP) is 2.90. The van der Waals surface area contributed by atoms with E-state index < -0.39 is 0 Å². The number of unbranched alkanes of at least 4 members (excludes halogenated alkanes) is 1. The van der Waals surface area contributed by atoms with Crippen LogP contribution in [0.4, 0.5) is 0 Å². The summed E-state index contributed by atoms with van der Waals surface area (Å²) in [5, 5.41) is 0.538. The van der Waals surface area contributed by atoms with Crippen molar-refractivity contribution in [3.05, 3.63) is 28.8 Å². The fraction of sp³-hybridized carbons (Fsp3) is 0.556. The van der Waals surface area contributed by atoms with Gasteiger partial charge in [0.2, 0.25) is 5.91 Å². The second-order valence-corrected chi connectivity index (χ2v) is 6.68. The number of hydrogen-bond acceptors (Lipinski definition) is 4. The molecule has 1 aliphatic heterocycles. The highest BCUT2D eigenvalue weighted by molar-refractivity contribution is 6.31. The third-order valence-electron chi connectivity index (χ3n) is 4.58. The number of carbonyl (C=O) groups excluding carboxylic acids is 2. The number of methoxy groups -OCH3 is 1. The number of Topliss-reactive ketones (excluding diaryl/α,β-unsaturated/α-hetero) is 1. The molecule has 1 fully saturated rings. The normalized spacial score (nSPS) is 16.1. The zero-order valence-electron chi connectivity index (χ0n) is 14.1. The molecule has 0 saturated carbocycles.